The summed E-state index contributed by atoms with van der Waals surface area (Å²) in [6, 6.07) is 3.55. The Kier molecular flexibility index (Phi) is 3.02. The summed E-state index contributed by atoms with van der Waals surface area (Å²) < 4.78 is 0. The van der Waals surface area contributed by atoms with Crippen molar-refractivity contribution in [2.24, 2.45) is 0 Å². The number of thiazole rings is 1. The highest BCUT2D eigenvalue weighted by atomic mass is 32.1. The summed E-state index contributed by atoms with van der Waals surface area (Å²) in [5.41, 5.74) is 1.08. The van der Waals surface area contributed by atoms with Crippen molar-refractivity contribution >= 4 is 17.2 Å². The van der Waals surface area contributed by atoms with Crippen LogP contribution >= 0.6 is 11.3 Å². The van der Waals surface area contributed by atoms with Crippen molar-refractivity contribution in [2.45, 2.75) is 26.3 Å². The second kappa shape index (κ2) is 4.33. The lowest BCUT2D eigenvalue weighted by Gasteiger charge is -2.23. The molecule has 0 aliphatic heterocycles. The number of hydrogen-bond donors (Lipinski definition) is 2. The molecule has 4 nitrogen and oxygen atoms in total. The first-order chi connectivity index (χ1) is 7.99. The fourth-order valence-electron chi connectivity index (χ4n) is 1.52. The van der Waals surface area contributed by atoms with E-state index in [4.69, 9.17) is 0 Å². The van der Waals surface area contributed by atoms with E-state index in [9.17, 15) is 4.79 Å². The van der Waals surface area contributed by atoms with Crippen LogP contribution in [0.4, 0.5) is 0 Å². The lowest BCUT2D eigenvalue weighted by atomic mass is 10.1. The monoisotopic (exact) mass is 249 g/mol. The van der Waals surface area contributed by atoms with Gasteiger partial charge in [0, 0.05) is 17.3 Å². The number of aromatic amines is 1. The average Bonchev–Trinajstić information content (AvgIpc) is 2.86. The fraction of sp³-hybridized carbons (Fsp3) is 0.333. The maximum absolute atomic E-state index is 11.9. The molecule has 2 aromatic rings. The molecule has 2 rings (SSSR count). The minimum atomic E-state index is -0.457. The van der Waals surface area contributed by atoms with Crippen molar-refractivity contribution in [1.29, 1.82) is 0 Å². The van der Waals surface area contributed by atoms with E-state index in [0.29, 0.717) is 5.69 Å². The van der Waals surface area contributed by atoms with E-state index in [-0.39, 0.29) is 5.91 Å². The Bertz CT molecular complexity index is 514. The van der Waals surface area contributed by atoms with Gasteiger partial charge in [0.25, 0.3) is 5.91 Å². The third-order valence-corrected chi connectivity index (χ3v) is 3.71. The number of nitrogens with zero attached hydrogens (tertiary/aromatic N) is 1. The summed E-state index contributed by atoms with van der Waals surface area (Å²) in [6.07, 6.45) is 1.73. The Labute approximate surface area is 104 Å². The summed E-state index contributed by atoms with van der Waals surface area (Å²) in [5, 5.41) is 5.86. The summed E-state index contributed by atoms with van der Waals surface area (Å²) in [4.78, 5) is 19.2. The van der Waals surface area contributed by atoms with Gasteiger partial charge in [-0.25, -0.2) is 4.98 Å². The van der Waals surface area contributed by atoms with Crippen LogP contribution in [-0.4, -0.2) is 15.9 Å². The highest BCUT2D eigenvalue weighted by Crippen LogP contribution is 2.23. The van der Waals surface area contributed by atoms with Crippen molar-refractivity contribution in [3.8, 4) is 0 Å². The van der Waals surface area contributed by atoms with Crippen molar-refractivity contribution in [2.75, 3.05) is 0 Å². The van der Waals surface area contributed by atoms with E-state index in [0.717, 1.165) is 10.7 Å². The van der Waals surface area contributed by atoms with Crippen LogP contribution in [0.3, 0.4) is 0 Å². The van der Waals surface area contributed by atoms with Gasteiger partial charge < -0.3 is 10.3 Å². The Morgan fingerprint density at radius 1 is 1.53 bits per heavy atom. The molecule has 5 heteroatoms. The topological polar surface area (TPSA) is 57.8 Å². The first-order valence-electron chi connectivity index (χ1n) is 5.37. The molecule has 90 valence electrons. The molecule has 0 bridgehead atoms. The Morgan fingerprint density at radius 3 is 2.82 bits per heavy atom. The molecule has 0 atom stereocenters. The van der Waals surface area contributed by atoms with Crippen LogP contribution in [0.1, 0.15) is 35.0 Å². The molecule has 0 spiro atoms. The van der Waals surface area contributed by atoms with Crippen LogP contribution in [-0.2, 0) is 5.54 Å². The van der Waals surface area contributed by atoms with E-state index >= 15 is 0 Å². The van der Waals surface area contributed by atoms with Crippen LogP contribution in [0, 0.1) is 6.92 Å². The number of nitrogens with one attached hydrogen (secondary N) is 2. The predicted octanol–water partition coefficient (Wildman–Crippen LogP) is 2.44. The maximum Gasteiger partial charge on any atom is 0.268 e. The van der Waals surface area contributed by atoms with Crippen LogP contribution in [0.15, 0.2) is 23.7 Å². The van der Waals surface area contributed by atoms with Crippen LogP contribution in [0.2, 0.25) is 0 Å². The third-order valence-electron chi connectivity index (χ3n) is 2.42. The lowest BCUT2D eigenvalue weighted by molar-refractivity contribution is 0.0907. The standard InChI is InChI=1S/C12H15N3OS/c1-8-7-17-11(14-8)12(2,3)15-10(16)9-5-4-6-13-9/h4-7,13H,1-3H3,(H,15,16). The summed E-state index contributed by atoms with van der Waals surface area (Å²) in [6.45, 7) is 5.85. The number of H-pyrrole nitrogens is 1. The second-order valence-corrected chi connectivity index (χ2v) is 5.32. The summed E-state index contributed by atoms with van der Waals surface area (Å²) in [7, 11) is 0. The summed E-state index contributed by atoms with van der Waals surface area (Å²) >= 11 is 1.56. The second-order valence-electron chi connectivity index (χ2n) is 4.46. The highest BCUT2D eigenvalue weighted by Gasteiger charge is 2.26. The zero-order valence-corrected chi connectivity index (χ0v) is 10.9. The number of carbonyl (C=O) groups excluding carboxylic acids is 1. The maximum atomic E-state index is 11.9. The molecule has 0 unspecified atom stereocenters. The number of hydrogen-bond acceptors (Lipinski definition) is 3. The van der Waals surface area contributed by atoms with Crippen molar-refractivity contribution in [3.05, 3.63) is 40.1 Å². The summed E-state index contributed by atoms with van der Waals surface area (Å²) in [5.74, 6) is -0.118. The van der Waals surface area contributed by atoms with Crippen LogP contribution in [0.25, 0.3) is 0 Å². The van der Waals surface area contributed by atoms with Crippen LogP contribution in [0.5, 0.6) is 0 Å². The highest BCUT2D eigenvalue weighted by molar-refractivity contribution is 7.09. The fourth-order valence-corrected chi connectivity index (χ4v) is 2.39. The molecule has 0 aliphatic rings. The van der Waals surface area contributed by atoms with Crippen molar-refractivity contribution in [3.63, 3.8) is 0 Å². The van der Waals surface area contributed by atoms with Gasteiger partial charge in [0.2, 0.25) is 0 Å². The predicted molar refractivity (Wildman–Crippen MR) is 68.1 cm³/mol. The normalized spacial score (nSPS) is 11.5. The molecule has 0 radical (unpaired) electrons. The van der Waals surface area contributed by atoms with Crippen LogP contribution < -0.4 is 5.32 Å². The smallest absolute Gasteiger partial charge is 0.268 e. The van der Waals surface area contributed by atoms with Gasteiger partial charge in [-0.2, -0.15) is 0 Å². The largest absolute Gasteiger partial charge is 0.357 e. The number of amides is 1. The van der Waals surface area contributed by atoms with Gasteiger partial charge >= 0.3 is 0 Å². The molecule has 0 aromatic carbocycles. The average molecular weight is 249 g/mol. The quantitative estimate of drug-likeness (QED) is 0.877. The Morgan fingerprint density at radius 2 is 2.29 bits per heavy atom. The number of aryl methyl sites for hydroxylation is 1. The number of rotatable bonds is 3. The Hall–Kier alpha value is -1.62. The molecule has 0 fully saturated rings. The van der Waals surface area contributed by atoms with Gasteiger partial charge in [-0.15, -0.1) is 11.3 Å². The van der Waals surface area contributed by atoms with Crippen molar-refractivity contribution in [1.82, 2.24) is 15.3 Å². The number of aromatic nitrogens is 2. The van der Waals surface area contributed by atoms with Gasteiger partial charge in [-0.3, -0.25) is 4.79 Å². The molecular formula is C12H15N3OS. The SMILES string of the molecule is Cc1csc(C(C)(C)NC(=O)c2ccc[nH]2)n1. The van der Waals surface area contributed by atoms with Crippen molar-refractivity contribution < 1.29 is 4.79 Å². The molecule has 2 N–H and O–H groups in total. The van der Waals surface area contributed by atoms with E-state index in [2.05, 4.69) is 15.3 Å². The number of carbonyl (C=O) groups is 1. The van der Waals surface area contributed by atoms with Gasteiger partial charge in [-0.05, 0) is 32.9 Å². The molecular weight excluding hydrogens is 234 g/mol. The van der Waals surface area contributed by atoms with E-state index in [1.165, 1.54) is 0 Å². The minimum Gasteiger partial charge on any atom is -0.357 e. The molecule has 1 amide bonds. The van der Waals surface area contributed by atoms with E-state index in [1.54, 1.807) is 29.7 Å². The zero-order chi connectivity index (χ0) is 12.5. The Balaban J connectivity index is 2.15. The molecule has 0 saturated heterocycles. The molecule has 0 aliphatic carbocycles. The molecule has 2 heterocycles. The van der Waals surface area contributed by atoms with Gasteiger partial charge in [0.05, 0.1) is 5.54 Å². The van der Waals surface area contributed by atoms with Gasteiger partial charge in [-0.1, -0.05) is 0 Å². The van der Waals surface area contributed by atoms with Gasteiger partial charge in [0.1, 0.15) is 10.7 Å². The first-order valence-corrected chi connectivity index (χ1v) is 6.25. The zero-order valence-electron chi connectivity index (χ0n) is 10.1. The van der Waals surface area contributed by atoms with E-state index < -0.39 is 5.54 Å². The lowest BCUT2D eigenvalue weighted by Crippen LogP contribution is -2.41. The molecule has 2 aromatic heterocycles. The van der Waals surface area contributed by atoms with E-state index in [1.807, 2.05) is 26.2 Å². The minimum absolute atomic E-state index is 0.118. The molecule has 17 heavy (non-hydrogen) atoms. The first kappa shape index (κ1) is 11.9. The third kappa shape index (κ3) is 2.55. The molecule has 0 saturated carbocycles. The van der Waals surface area contributed by atoms with Gasteiger partial charge in [0.15, 0.2) is 0 Å².